The number of piperazine rings is 1. The highest BCUT2D eigenvalue weighted by Gasteiger charge is 2.43. The summed E-state index contributed by atoms with van der Waals surface area (Å²) in [5.74, 6) is 1.29. The van der Waals surface area contributed by atoms with Crippen LogP contribution in [0.1, 0.15) is 58.8 Å². The van der Waals surface area contributed by atoms with Crippen LogP contribution in [0.5, 0.6) is 0 Å². The van der Waals surface area contributed by atoms with Crippen molar-refractivity contribution in [3.8, 4) is 0 Å². The summed E-state index contributed by atoms with van der Waals surface area (Å²) in [5.41, 5.74) is 0.489. The number of nitrogens with zero attached hydrogens (tertiary/aromatic N) is 1. The summed E-state index contributed by atoms with van der Waals surface area (Å²) in [6.45, 7) is 7.26. The van der Waals surface area contributed by atoms with Crippen molar-refractivity contribution < 1.29 is 0 Å². The molecule has 0 bridgehead atoms. The molecule has 3 fully saturated rings. The summed E-state index contributed by atoms with van der Waals surface area (Å²) in [7, 11) is 0. The zero-order chi connectivity index (χ0) is 13.3. The van der Waals surface area contributed by atoms with Crippen LogP contribution in [0, 0.1) is 0 Å². The van der Waals surface area contributed by atoms with Crippen molar-refractivity contribution >= 4 is 11.8 Å². The Balaban J connectivity index is 1.62. The van der Waals surface area contributed by atoms with E-state index < -0.39 is 0 Å². The Morgan fingerprint density at radius 1 is 1.26 bits per heavy atom. The molecule has 1 saturated heterocycles. The molecule has 2 aliphatic carbocycles. The maximum Gasteiger partial charge on any atom is 0.0309 e. The molecule has 19 heavy (non-hydrogen) atoms. The van der Waals surface area contributed by atoms with Gasteiger partial charge in [0.05, 0.1) is 0 Å². The molecule has 3 rings (SSSR count). The van der Waals surface area contributed by atoms with Crippen LogP contribution in [0.15, 0.2) is 0 Å². The van der Waals surface area contributed by atoms with Crippen molar-refractivity contribution in [2.24, 2.45) is 0 Å². The Morgan fingerprint density at radius 2 is 2.05 bits per heavy atom. The van der Waals surface area contributed by atoms with Gasteiger partial charge in [0.2, 0.25) is 0 Å². The molecule has 1 aliphatic heterocycles. The van der Waals surface area contributed by atoms with Crippen LogP contribution >= 0.6 is 11.8 Å². The van der Waals surface area contributed by atoms with Gasteiger partial charge in [-0.15, -0.1) is 0 Å². The second-order valence-electron chi connectivity index (χ2n) is 6.93. The van der Waals surface area contributed by atoms with E-state index in [1.165, 1.54) is 63.8 Å². The molecule has 3 atom stereocenters. The molecule has 0 amide bonds. The highest BCUT2D eigenvalue weighted by molar-refractivity contribution is 7.99. The van der Waals surface area contributed by atoms with Crippen molar-refractivity contribution in [2.75, 3.05) is 18.8 Å². The van der Waals surface area contributed by atoms with Gasteiger partial charge in [-0.2, -0.15) is 11.8 Å². The monoisotopic (exact) mass is 282 g/mol. The molecule has 3 unspecified atom stereocenters. The molecule has 3 heteroatoms. The molecule has 110 valence electrons. The molecule has 1 heterocycles. The molecule has 3 aliphatic rings. The van der Waals surface area contributed by atoms with Crippen LogP contribution in [0.25, 0.3) is 0 Å². The summed E-state index contributed by atoms with van der Waals surface area (Å²) in [6.07, 6.45) is 10.0. The standard InChI is InChI=1S/C16H30N2S/c1-3-19-15-7-6-14(10-15)18-12-16(8-4-5-9-16)17-11-13(18)2/h13-15,17H,3-12H2,1-2H3. The summed E-state index contributed by atoms with van der Waals surface area (Å²) >= 11 is 2.19. The number of nitrogens with one attached hydrogen (secondary N) is 1. The van der Waals surface area contributed by atoms with E-state index in [0.29, 0.717) is 5.54 Å². The first-order chi connectivity index (χ1) is 9.22. The van der Waals surface area contributed by atoms with Crippen molar-refractivity contribution in [3.05, 3.63) is 0 Å². The minimum absolute atomic E-state index is 0.489. The van der Waals surface area contributed by atoms with Crippen molar-refractivity contribution in [1.29, 1.82) is 0 Å². The third-order valence-electron chi connectivity index (χ3n) is 5.61. The molecule has 0 aromatic carbocycles. The summed E-state index contributed by atoms with van der Waals surface area (Å²) in [5, 5.41) is 4.83. The van der Waals surface area contributed by atoms with E-state index in [1.807, 2.05) is 0 Å². The van der Waals surface area contributed by atoms with Crippen molar-refractivity contribution in [2.45, 2.75) is 81.7 Å². The quantitative estimate of drug-likeness (QED) is 0.855. The van der Waals surface area contributed by atoms with Crippen LogP contribution in [0.4, 0.5) is 0 Å². The lowest BCUT2D eigenvalue weighted by Gasteiger charge is -2.48. The van der Waals surface area contributed by atoms with E-state index in [9.17, 15) is 0 Å². The molecule has 0 aromatic heterocycles. The average molecular weight is 282 g/mol. The van der Waals surface area contributed by atoms with Gasteiger partial charge in [-0.05, 0) is 44.8 Å². The van der Waals surface area contributed by atoms with E-state index >= 15 is 0 Å². The highest BCUT2D eigenvalue weighted by atomic mass is 32.2. The normalized spacial score (nSPS) is 39.2. The lowest BCUT2D eigenvalue weighted by atomic mass is 9.91. The number of hydrogen-bond donors (Lipinski definition) is 1. The third-order valence-corrected chi connectivity index (χ3v) is 6.85. The van der Waals surface area contributed by atoms with Crippen LogP contribution in [0.3, 0.4) is 0 Å². The van der Waals surface area contributed by atoms with Crippen LogP contribution in [-0.2, 0) is 0 Å². The summed E-state index contributed by atoms with van der Waals surface area (Å²) in [6, 6.07) is 1.61. The highest BCUT2D eigenvalue weighted by Crippen LogP contribution is 2.38. The zero-order valence-corrected chi connectivity index (χ0v) is 13.5. The molecule has 2 nitrogen and oxygen atoms in total. The fourth-order valence-corrected chi connectivity index (χ4v) is 5.66. The zero-order valence-electron chi connectivity index (χ0n) is 12.7. The van der Waals surface area contributed by atoms with Crippen LogP contribution in [-0.4, -0.2) is 46.6 Å². The van der Waals surface area contributed by atoms with Gasteiger partial charge in [-0.25, -0.2) is 0 Å². The first-order valence-corrected chi connectivity index (χ1v) is 9.40. The minimum atomic E-state index is 0.489. The fraction of sp³-hybridized carbons (Fsp3) is 1.00. The van der Waals surface area contributed by atoms with Gasteiger partial charge < -0.3 is 5.32 Å². The Kier molecular flexibility index (Phi) is 4.45. The van der Waals surface area contributed by atoms with E-state index in [4.69, 9.17) is 0 Å². The van der Waals surface area contributed by atoms with E-state index in [2.05, 4.69) is 35.8 Å². The maximum atomic E-state index is 3.89. The Hall–Kier alpha value is 0.270. The van der Waals surface area contributed by atoms with E-state index in [-0.39, 0.29) is 0 Å². The van der Waals surface area contributed by atoms with Gasteiger partial charge >= 0.3 is 0 Å². The first-order valence-electron chi connectivity index (χ1n) is 8.35. The lowest BCUT2D eigenvalue weighted by molar-refractivity contribution is 0.0527. The molecule has 0 aromatic rings. The maximum absolute atomic E-state index is 3.89. The van der Waals surface area contributed by atoms with E-state index in [0.717, 1.165) is 17.3 Å². The molecule has 2 saturated carbocycles. The fourth-order valence-electron chi connectivity index (χ4n) is 4.52. The Morgan fingerprint density at radius 3 is 2.79 bits per heavy atom. The number of rotatable bonds is 3. The van der Waals surface area contributed by atoms with Gasteiger partial charge in [0.25, 0.3) is 0 Å². The molecule has 1 N–H and O–H groups in total. The SMILES string of the molecule is CCSC1CCC(N2CC3(CCCC3)NCC2C)C1. The minimum Gasteiger partial charge on any atom is -0.308 e. The van der Waals surface area contributed by atoms with Gasteiger partial charge in [0.15, 0.2) is 0 Å². The van der Waals surface area contributed by atoms with Gasteiger partial charge in [-0.1, -0.05) is 19.8 Å². The molecule has 0 radical (unpaired) electrons. The Labute approximate surface area is 123 Å². The molecular weight excluding hydrogens is 252 g/mol. The van der Waals surface area contributed by atoms with Crippen molar-refractivity contribution in [1.82, 2.24) is 10.2 Å². The van der Waals surface area contributed by atoms with Crippen molar-refractivity contribution in [3.63, 3.8) is 0 Å². The molecular formula is C16H30N2S. The lowest BCUT2D eigenvalue weighted by Crippen LogP contribution is -2.64. The van der Waals surface area contributed by atoms with Crippen LogP contribution in [0.2, 0.25) is 0 Å². The largest absolute Gasteiger partial charge is 0.308 e. The predicted octanol–water partition coefficient (Wildman–Crippen LogP) is 3.27. The summed E-state index contributed by atoms with van der Waals surface area (Å²) in [4.78, 5) is 2.87. The van der Waals surface area contributed by atoms with Gasteiger partial charge in [-0.3, -0.25) is 4.90 Å². The number of thioether (sulfide) groups is 1. The van der Waals surface area contributed by atoms with Crippen LogP contribution < -0.4 is 5.32 Å². The van der Waals surface area contributed by atoms with E-state index in [1.54, 1.807) is 0 Å². The second kappa shape index (κ2) is 5.95. The van der Waals surface area contributed by atoms with Gasteiger partial charge in [0, 0.05) is 36.0 Å². The number of hydrogen-bond acceptors (Lipinski definition) is 3. The predicted molar refractivity (Wildman–Crippen MR) is 84.9 cm³/mol. The Bertz CT molecular complexity index is 301. The second-order valence-corrected chi connectivity index (χ2v) is 8.51. The smallest absolute Gasteiger partial charge is 0.0309 e. The average Bonchev–Trinajstić information content (AvgIpc) is 3.03. The third kappa shape index (κ3) is 2.98. The topological polar surface area (TPSA) is 15.3 Å². The van der Waals surface area contributed by atoms with Gasteiger partial charge in [0.1, 0.15) is 0 Å². The first kappa shape index (κ1) is 14.2. The summed E-state index contributed by atoms with van der Waals surface area (Å²) < 4.78 is 0. The molecule has 1 spiro atoms.